The van der Waals surface area contributed by atoms with E-state index in [1.807, 2.05) is 23.9 Å². The highest BCUT2D eigenvalue weighted by atomic mass is 79.9. The van der Waals surface area contributed by atoms with Gasteiger partial charge in [0, 0.05) is 15.9 Å². The smallest absolute Gasteiger partial charge is 0.0366 e. The minimum atomic E-state index is 0.790. The van der Waals surface area contributed by atoms with E-state index in [0.29, 0.717) is 0 Å². The van der Waals surface area contributed by atoms with Crippen LogP contribution in [0.15, 0.2) is 22.7 Å². The number of rotatable bonds is 5. The van der Waals surface area contributed by atoms with Crippen molar-refractivity contribution in [3.05, 3.63) is 28.2 Å². The molecule has 1 unspecified atom stereocenters. The number of halogens is 1. The SMILES string of the molecule is CCC(C)CSCc1c(N)cccc1Br. The van der Waals surface area contributed by atoms with E-state index in [4.69, 9.17) is 5.73 Å². The molecule has 0 radical (unpaired) electrons. The lowest BCUT2D eigenvalue weighted by atomic mass is 10.2. The Kier molecular flexibility index (Phi) is 5.54. The molecule has 0 aliphatic carbocycles. The van der Waals surface area contributed by atoms with Gasteiger partial charge < -0.3 is 5.73 Å². The van der Waals surface area contributed by atoms with Gasteiger partial charge in [-0.3, -0.25) is 0 Å². The van der Waals surface area contributed by atoms with Crippen LogP contribution in [0.1, 0.15) is 25.8 Å². The molecule has 0 aliphatic heterocycles. The van der Waals surface area contributed by atoms with Crippen LogP contribution in [0.4, 0.5) is 5.69 Å². The number of benzene rings is 1. The van der Waals surface area contributed by atoms with Crippen LogP contribution < -0.4 is 5.73 Å². The molecule has 15 heavy (non-hydrogen) atoms. The zero-order valence-corrected chi connectivity index (χ0v) is 11.7. The molecular weight excluding hydrogens is 270 g/mol. The predicted octanol–water partition coefficient (Wildman–Crippen LogP) is 4.31. The quantitative estimate of drug-likeness (QED) is 0.817. The first-order valence-electron chi connectivity index (χ1n) is 5.25. The molecule has 0 saturated carbocycles. The first kappa shape index (κ1) is 12.9. The minimum absolute atomic E-state index is 0.790. The van der Waals surface area contributed by atoms with Gasteiger partial charge in [-0.1, -0.05) is 42.3 Å². The molecule has 0 heterocycles. The van der Waals surface area contributed by atoms with E-state index in [0.717, 1.165) is 21.8 Å². The average molecular weight is 288 g/mol. The summed E-state index contributed by atoms with van der Waals surface area (Å²) in [7, 11) is 0. The Morgan fingerprint density at radius 1 is 1.47 bits per heavy atom. The predicted molar refractivity (Wildman–Crippen MR) is 74.2 cm³/mol. The molecule has 1 nitrogen and oxygen atoms in total. The van der Waals surface area contributed by atoms with Crippen molar-refractivity contribution in [2.24, 2.45) is 5.92 Å². The van der Waals surface area contributed by atoms with Crippen molar-refractivity contribution in [1.82, 2.24) is 0 Å². The topological polar surface area (TPSA) is 26.0 Å². The van der Waals surface area contributed by atoms with E-state index in [2.05, 4.69) is 35.8 Å². The van der Waals surface area contributed by atoms with Crippen LogP contribution in [-0.4, -0.2) is 5.75 Å². The van der Waals surface area contributed by atoms with Crippen molar-refractivity contribution >= 4 is 33.4 Å². The van der Waals surface area contributed by atoms with Crippen molar-refractivity contribution in [1.29, 1.82) is 0 Å². The van der Waals surface area contributed by atoms with Crippen LogP contribution in [0.3, 0.4) is 0 Å². The minimum Gasteiger partial charge on any atom is -0.398 e. The van der Waals surface area contributed by atoms with Crippen LogP contribution >= 0.6 is 27.7 Å². The Balaban J connectivity index is 2.50. The number of hydrogen-bond acceptors (Lipinski definition) is 2. The van der Waals surface area contributed by atoms with Gasteiger partial charge in [0.2, 0.25) is 0 Å². The van der Waals surface area contributed by atoms with Crippen molar-refractivity contribution in [3.8, 4) is 0 Å². The third-order valence-corrected chi connectivity index (χ3v) is 4.54. The van der Waals surface area contributed by atoms with Crippen LogP contribution in [0, 0.1) is 5.92 Å². The van der Waals surface area contributed by atoms with Crippen LogP contribution in [0.25, 0.3) is 0 Å². The number of thioether (sulfide) groups is 1. The monoisotopic (exact) mass is 287 g/mol. The first-order valence-corrected chi connectivity index (χ1v) is 7.20. The van der Waals surface area contributed by atoms with E-state index in [1.165, 1.54) is 17.7 Å². The molecule has 0 aliphatic rings. The second-order valence-corrected chi connectivity index (χ2v) is 5.72. The van der Waals surface area contributed by atoms with E-state index in [-0.39, 0.29) is 0 Å². The molecule has 1 rings (SSSR count). The molecule has 0 bridgehead atoms. The fraction of sp³-hybridized carbons (Fsp3) is 0.500. The van der Waals surface area contributed by atoms with E-state index < -0.39 is 0 Å². The summed E-state index contributed by atoms with van der Waals surface area (Å²) >= 11 is 5.50. The van der Waals surface area contributed by atoms with E-state index in [9.17, 15) is 0 Å². The van der Waals surface area contributed by atoms with Crippen LogP contribution in [0.5, 0.6) is 0 Å². The number of nitrogens with two attached hydrogens (primary N) is 1. The Morgan fingerprint density at radius 3 is 2.80 bits per heavy atom. The maximum absolute atomic E-state index is 5.93. The molecule has 1 atom stereocenters. The molecule has 84 valence electrons. The zero-order valence-electron chi connectivity index (χ0n) is 9.29. The summed E-state index contributed by atoms with van der Waals surface area (Å²) in [6.45, 7) is 4.52. The molecule has 0 amide bonds. The van der Waals surface area contributed by atoms with E-state index in [1.54, 1.807) is 0 Å². The van der Waals surface area contributed by atoms with Crippen molar-refractivity contribution < 1.29 is 0 Å². The summed E-state index contributed by atoms with van der Waals surface area (Å²) in [4.78, 5) is 0. The molecule has 0 saturated heterocycles. The molecule has 1 aromatic carbocycles. The van der Waals surface area contributed by atoms with Crippen molar-refractivity contribution in [3.63, 3.8) is 0 Å². The third kappa shape index (κ3) is 4.07. The van der Waals surface area contributed by atoms with Crippen LogP contribution in [0.2, 0.25) is 0 Å². The highest BCUT2D eigenvalue weighted by Gasteiger charge is 2.05. The van der Waals surface area contributed by atoms with Gasteiger partial charge >= 0.3 is 0 Å². The second-order valence-electron chi connectivity index (χ2n) is 3.84. The molecule has 0 aromatic heterocycles. The Morgan fingerprint density at radius 2 is 2.20 bits per heavy atom. The van der Waals surface area contributed by atoms with Gasteiger partial charge in [0.15, 0.2) is 0 Å². The van der Waals surface area contributed by atoms with E-state index >= 15 is 0 Å². The number of anilines is 1. The molecule has 0 fully saturated rings. The summed E-state index contributed by atoms with van der Waals surface area (Å²) in [5.74, 6) is 2.99. The van der Waals surface area contributed by atoms with Gasteiger partial charge in [0.25, 0.3) is 0 Å². The van der Waals surface area contributed by atoms with Gasteiger partial charge in [0.05, 0.1) is 0 Å². The molecular formula is C12H18BrNS. The van der Waals surface area contributed by atoms with Gasteiger partial charge in [-0.25, -0.2) is 0 Å². The zero-order chi connectivity index (χ0) is 11.3. The summed E-state index contributed by atoms with van der Waals surface area (Å²) in [5, 5.41) is 0. The Bertz CT molecular complexity index is 294. The molecule has 2 N–H and O–H groups in total. The Labute approximate surface area is 105 Å². The normalized spacial score (nSPS) is 12.7. The summed E-state index contributed by atoms with van der Waals surface area (Å²) in [6.07, 6.45) is 1.25. The number of nitrogen functional groups attached to an aromatic ring is 1. The standard InChI is InChI=1S/C12H18BrNS/c1-3-9(2)7-15-8-10-11(13)5-4-6-12(10)14/h4-6,9H,3,7-8,14H2,1-2H3. The Hall–Kier alpha value is -0.150. The highest BCUT2D eigenvalue weighted by Crippen LogP contribution is 2.27. The van der Waals surface area contributed by atoms with Gasteiger partial charge in [-0.05, 0) is 29.4 Å². The lowest BCUT2D eigenvalue weighted by Crippen LogP contribution is -1.98. The van der Waals surface area contributed by atoms with Crippen molar-refractivity contribution in [2.75, 3.05) is 11.5 Å². The second kappa shape index (κ2) is 6.44. The lowest BCUT2D eigenvalue weighted by Gasteiger charge is -2.10. The fourth-order valence-electron chi connectivity index (χ4n) is 1.21. The van der Waals surface area contributed by atoms with Crippen molar-refractivity contribution in [2.45, 2.75) is 26.0 Å². The number of hydrogen-bond donors (Lipinski definition) is 1. The molecule has 0 spiro atoms. The average Bonchev–Trinajstić information content (AvgIpc) is 2.22. The fourth-order valence-corrected chi connectivity index (χ4v) is 3.20. The van der Waals surface area contributed by atoms with Gasteiger partial charge in [-0.15, -0.1) is 0 Å². The molecule has 1 aromatic rings. The maximum Gasteiger partial charge on any atom is 0.0366 e. The highest BCUT2D eigenvalue weighted by molar-refractivity contribution is 9.10. The largest absolute Gasteiger partial charge is 0.398 e. The summed E-state index contributed by atoms with van der Waals surface area (Å²) < 4.78 is 1.12. The first-order chi connectivity index (χ1) is 7.15. The summed E-state index contributed by atoms with van der Waals surface area (Å²) in [5.41, 5.74) is 8.04. The lowest BCUT2D eigenvalue weighted by molar-refractivity contribution is 0.637. The third-order valence-electron chi connectivity index (χ3n) is 2.50. The van der Waals surface area contributed by atoms with Gasteiger partial charge in [0.1, 0.15) is 0 Å². The van der Waals surface area contributed by atoms with Gasteiger partial charge in [-0.2, -0.15) is 11.8 Å². The van der Waals surface area contributed by atoms with Crippen LogP contribution in [-0.2, 0) is 5.75 Å². The summed E-state index contributed by atoms with van der Waals surface area (Å²) in [6, 6.07) is 5.99. The molecule has 3 heteroatoms. The maximum atomic E-state index is 5.93.